The molecular weight excluding hydrogens is 306 g/mol. The molecule has 0 aliphatic heterocycles. The van der Waals surface area contributed by atoms with Gasteiger partial charge in [-0.05, 0) is 43.5 Å². The van der Waals surface area contributed by atoms with E-state index in [2.05, 4.69) is 16.0 Å². The highest BCUT2D eigenvalue weighted by Crippen LogP contribution is 2.28. The molecular formula is C15H22ClN3O3. The summed E-state index contributed by atoms with van der Waals surface area (Å²) >= 11 is 0. The zero-order valence-electron chi connectivity index (χ0n) is 12.8. The van der Waals surface area contributed by atoms with Crippen molar-refractivity contribution in [1.82, 2.24) is 5.32 Å². The first-order valence-electron chi connectivity index (χ1n) is 7.04. The van der Waals surface area contributed by atoms with Gasteiger partial charge in [-0.3, -0.25) is 9.59 Å². The molecule has 2 rings (SSSR count). The van der Waals surface area contributed by atoms with Crippen molar-refractivity contribution in [2.45, 2.75) is 19.8 Å². The summed E-state index contributed by atoms with van der Waals surface area (Å²) in [6.07, 6.45) is 2.51. The molecule has 0 unspecified atom stereocenters. The van der Waals surface area contributed by atoms with Crippen LogP contribution in [0.4, 0.5) is 11.4 Å². The molecule has 1 fully saturated rings. The van der Waals surface area contributed by atoms with E-state index in [1.165, 1.54) is 26.9 Å². The Morgan fingerprint density at radius 2 is 2.00 bits per heavy atom. The number of rotatable bonds is 7. The Bertz CT molecular complexity index is 533. The normalized spacial score (nSPS) is 13.0. The van der Waals surface area contributed by atoms with E-state index in [1.54, 1.807) is 18.2 Å². The van der Waals surface area contributed by atoms with E-state index >= 15 is 0 Å². The summed E-state index contributed by atoms with van der Waals surface area (Å²) in [6, 6.07) is 5.13. The van der Waals surface area contributed by atoms with E-state index < -0.39 is 0 Å². The predicted molar refractivity (Wildman–Crippen MR) is 88.8 cm³/mol. The number of hydrogen-bond donors (Lipinski definition) is 3. The third kappa shape index (κ3) is 5.91. The average Bonchev–Trinajstić information content (AvgIpc) is 3.22. The maximum atomic E-state index is 11.8. The van der Waals surface area contributed by atoms with Gasteiger partial charge < -0.3 is 20.7 Å². The number of benzene rings is 1. The molecule has 1 aromatic rings. The molecule has 0 aromatic heterocycles. The third-order valence-corrected chi connectivity index (χ3v) is 3.21. The Kier molecular flexibility index (Phi) is 7.14. The number of amides is 2. The molecule has 7 heteroatoms. The standard InChI is InChI=1S/C15H21N3O3.ClH/c1-10(19)17-13-7-12(5-6-14(13)21-2)18-15(20)9-16-8-11-3-4-11;/h5-7,11,16H,3-4,8-9H2,1-2H3,(H,17,19)(H,18,20);1H. The minimum Gasteiger partial charge on any atom is -0.495 e. The third-order valence-electron chi connectivity index (χ3n) is 3.21. The lowest BCUT2D eigenvalue weighted by Gasteiger charge is -2.12. The Hall–Kier alpha value is -1.79. The molecule has 0 saturated heterocycles. The SMILES string of the molecule is COc1ccc(NC(=O)CNCC2CC2)cc1NC(C)=O.Cl. The van der Waals surface area contributed by atoms with Gasteiger partial charge >= 0.3 is 0 Å². The number of carbonyl (C=O) groups is 2. The van der Waals surface area contributed by atoms with Gasteiger partial charge in [-0.25, -0.2) is 0 Å². The molecule has 0 atom stereocenters. The number of ether oxygens (including phenoxy) is 1. The molecule has 1 aliphatic rings. The number of anilines is 2. The van der Waals surface area contributed by atoms with Gasteiger partial charge in [-0.15, -0.1) is 12.4 Å². The Morgan fingerprint density at radius 1 is 1.27 bits per heavy atom. The lowest BCUT2D eigenvalue weighted by atomic mass is 10.2. The summed E-state index contributed by atoms with van der Waals surface area (Å²) in [7, 11) is 1.53. The van der Waals surface area contributed by atoms with Crippen molar-refractivity contribution in [3.05, 3.63) is 18.2 Å². The first-order valence-corrected chi connectivity index (χ1v) is 7.04. The second kappa shape index (κ2) is 8.60. The van der Waals surface area contributed by atoms with Gasteiger partial charge in [0.1, 0.15) is 5.75 Å². The quantitative estimate of drug-likeness (QED) is 0.716. The summed E-state index contributed by atoms with van der Waals surface area (Å²) in [6.45, 7) is 2.61. The van der Waals surface area contributed by atoms with E-state index in [4.69, 9.17) is 4.74 Å². The summed E-state index contributed by atoms with van der Waals surface area (Å²) in [5.41, 5.74) is 1.16. The molecule has 6 nitrogen and oxygen atoms in total. The van der Waals surface area contributed by atoms with Gasteiger partial charge in [-0.1, -0.05) is 0 Å². The summed E-state index contributed by atoms with van der Waals surface area (Å²) in [5, 5.41) is 8.60. The summed E-state index contributed by atoms with van der Waals surface area (Å²) in [5.74, 6) is 0.998. The van der Waals surface area contributed by atoms with Crippen LogP contribution in [0.3, 0.4) is 0 Å². The molecule has 0 radical (unpaired) electrons. The molecule has 1 aliphatic carbocycles. The van der Waals surface area contributed by atoms with E-state index in [0.29, 0.717) is 17.1 Å². The van der Waals surface area contributed by atoms with Crippen LogP contribution in [0.1, 0.15) is 19.8 Å². The van der Waals surface area contributed by atoms with E-state index in [0.717, 1.165) is 12.5 Å². The number of halogens is 1. The maximum Gasteiger partial charge on any atom is 0.238 e. The fraction of sp³-hybridized carbons (Fsp3) is 0.467. The van der Waals surface area contributed by atoms with Gasteiger partial charge in [0.2, 0.25) is 11.8 Å². The number of nitrogens with one attached hydrogen (secondary N) is 3. The van der Waals surface area contributed by atoms with Crippen LogP contribution in [0.2, 0.25) is 0 Å². The van der Waals surface area contributed by atoms with Crippen molar-refractivity contribution in [3.63, 3.8) is 0 Å². The van der Waals surface area contributed by atoms with Crippen molar-refractivity contribution >= 4 is 35.6 Å². The van der Waals surface area contributed by atoms with Gasteiger partial charge in [0.15, 0.2) is 0 Å². The van der Waals surface area contributed by atoms with Crippen LogP contribution < -0.4 is 20.7 Å². The molecule has 0 bridgehead atoms. The van der Waals surface area contributed by atoms with Crippen LogP contribution >= 0.6 is 12.4 Å². The van der Waals surface area contributed by atoms with Gasteiger partial charge in [0, 0.05) is 12.6 Å². The molecule has 22 heavy (non-hydrogen) atoms. The lowest BCUT2D eigenvalue weighted by Crippen LogP contribution is -2.29. The fourth-order valence-electron chi connectivity index (χ4n) is 1.99. The zero-order chi connectivity index (χ0) is 15.2. The Balaban J connectivity index is 0.00000242. The van der Waals surface area contributed by atoms with Crippen molar-refractivity contribution in [3.8, 4) is 5.75 Å². The van der Waals surface area contributed by atoms with E-state index in [1.807, 2.05) is 0 Å². The minimum atomic E-state index is -0.192. The number of hydrogen-bond acceptors (Lipinski definition) is 4. The lowest BCUT2D eigenvalue weighted by molar-refractivity contribution is -0.115. The van der Waals surface area contributed by atoms with Gasteiger partial charge in [-0.2, -0.15) is 0 Å². The molecule has 122 valence electrons. The Morgan fingerprint density at radius 3 is 2.59 bits per heavy atom. The zero-order valence-corrected chi connectivity index (χ0v) is 13.6. The van der Waals surface area contributed by atoms with E-state index in [9.17, 15) is 9.59 Å². The largest absolute Gasteiger partial charge is 0.495 e. The molecule has 1 saturated carbocycles. The van der Waals surface area contributed by atoms with Crippen LogP contribution in [0.5, 0.6) is 5.75 Å². The van der Waals surface area contributed by atoms with Crippen LogP contribution in [0, 0.1) is 5.92 Å². The first-order chi connectivity index (χ1) is 10.1. The van der Waals surface area contributed by atoms with Crippen molar-refractivity contribution in [2.24, 2.45) is 5.92 Å². The molecule has 3 N–H and O–H groups in total. The second-order valence-corrected chi connectivity index (χ2v) is 5.22. The summed E-state index contributed by atoms with van der Waals surface area (Å²) < 4.78 is 5.16. The molecule has 1 aromatic carbocycles. The van der Waals surface area contributed by atoms with Crippen molar-refractivity contribution < 1.29 is 14.3 Å². The summed E-state index contributed by atoms with van der Waals surface area (Å²) in [4.78, 5) is 23.0. The smallest absolute Gasteiger partial charge is 0.238 e. The van der Waals surface area contributed by atoms with Crippen molar-refractivity contribution in [1.29, 1.82) is 0 Å². The maximum absolute atomic E-state index is 11.8. The Labute approximate surface area is 136 Å². The average molecular weight is 328 g/mol. The topological polar surface area (TPSA) is 79.5 Å². The second-order valence-electron chi connectivity index (χ2n) is 5.22. The first kappa shape index (κ1) is 18.3. The highest BCUT2D eigenvalue weighted by atomic mass is 35.5. The highest BCUT2D eigenvalue weighted by Gasteiger charge is 2.20. The monoisotopic (exact) mass is 327 g/mol. The van der Waals surface area contributed by atoms with Gasteiger partial charge in [0.05, 0.1) is 19.3 Å². The predicted octanol–water partition coefficient (Wildman–Crippen LogP) is 2.01. The molecule has 0 spiro atoms. The highest BCUT2D eigenvalue weighted by molar-refractivity contribution is 5.95. The van der Waals surface area contributed by atoms with Gasteiger partial charge in [0.25, 0.3) is 0 Å². The van der Waals surface area contributed by atoms with Crippen LogP contribution in [0.25, 0.3) is 0 Å². The van der Waals surface area contributed by atoms with E-state index in [-0.39, 0.29) is 30.8 Å². The number of methoxy groups -OCH3 is 1. The minimum absolute atomic E-state index is 0. The molecule has 2 amide bonds. The van der Waals surface area contributed by atoms with Crippen LogP contribution in [-0.4, -0.2) is 32.0 Å². The molecule has 0 heterocycles. The number of carbonyl (C=O) groups excluding carboxylic acids is 2. The van der Waals surface area contributed by atoms with Crippen molar-refractivity contribution in [2.75, 3.05) is 30.8 Å². The van der Waals surface area contributed by atoms with Crippen LogP contribution in [0.15, 0.2) is 18.2 Å². The fourth-order valence-corrected chi connectivity index (χ4v) is 1.99. The van der Waals surface area contributed by atoms with Crippen LogP contribution in [-0.2, 0) is 9.59 Å².